The molecule has 1 atom stereocenters. The Hall–Kier alpha value is -2.12. The summed E-state index contributed by atoms with van der Waals surface area (Å²) in [6, 6.07) is 6.34. The normalized spacial score (nSPS) is 21.6. The van der Waals surface area contributed by atoms with Crippen molar-refractivity contribution < 1.29 is 24.2 Å². The summed E-state index contributed by atoms with van der Waals surface area (Å²) in [4.78, 5) is 25.9. The van der Waals surface area contributed by atoms with Crippen LogP contribution in [0.1, 0.15) is 36.0 Å². The molecule has 0 aromatic heterocycles. The van der Waals surface area contributed by atoms with E-state index in [4.69, 9.17) is 9.47 Å². The van der Waals surface area contributed by atoms with E-state index in [-0.39, 0.29) is 31.3 Å². The molecule has 1 aromatic carbocycles. The maximum absolute atomic E-state index is 12.3. The summed E-state index contributed by atoms with van der Waals surface area (Å²) in [5.41, 5.74) is 1.06. The van der Waals surface area contributed by atoms with Gasteiger partial charge in [-0.1, -0.05) is 0 Å². The van der Waals surface area contributed by atoms with Crippen LogP contribution in [0.15, 0.2) is 24.3 Å². The lowest BCUT2D eigenvalue weighted by atomic mass is 10.2. The number of benzene rings is 1. The monoisotopic (exact) mass is 348 g/mol. The molecule has 25 heavy (non-hydrogen) atoms. The van der Waals surface area contributed by atoms with E-state index in [1.165, 1.54) is 4.90 Å². The lowest BCUT2D eigenvalue weighted by Gasteiger charge is -2.21. The quantitative estimate of drug-likeness (QED) is 0.816. The minimum Gasteiger partial charge on any atom is -0.459 e. The molecule has 2 N–H and O–H groups in total. The van der Waals surface area contributed by atoms with Crippen molar-refractivity contribution in [2.24, 2.45) is 0 Å². The number of hydrogen-bond acceptors (Lipinski definition) is 5. The third-order valence-corrected chi connectivity index (χ3v) is 4.48. The summed E-state index contributed by atoms with van der Waals surface area (Å²) in [6.07, 6.45) is 3.44. The zero-order chi connectivity index (χ0) is 17.6. The molecule has 0 bridgehead atoms. The maximum Gasteiger partial charge on any atom is 0.338 e. The summed E-state index contributed by atoms with van der Waals surface area (Å²) >= 11 is 0. The van der Waals surface area contributed by atoms with Crippen LogP contribution in [-0.2, 0) is 9.47 Å². The minimum absolute atomic E-state index is 0.0311. The molecule has 7 heteroatoms. The summed E-state index contributed by atoms with van der Waals surface area (Å²) in [5.74, 6) is -0.322. The van der Waals surface area contributed by atoms with E-state index in [0.717, 1.165) is 25.7 Å². The molecular formula is C18H24N2O5. The smallest absolute Gasteiger partial charge is 0.338 e. The van der Waals surface area contributed by atoms with Gasteiger partial charge < -0.3 is 24.8 Å². The number of amides is 2. The average Bonchev–Trinajstić information content (AvgIpc) is 3.01. The van der Waals surface area contributed by atoms with E-state index in [9.17, 15) is 14.7 Å². The van der Waals surface area contributed by atoms with Gasteiger partial charge in [-0.15, -0.1) is 0 Å². The maximum atomic E-state index is 12.3. The predicted octanol–water partition coefficient (Wildman–Crippen LogP) is 2.01. The van der Waals surface area contributed by atoms with Crippen molar-refractivity contribution in [3.8, 4) is 0 Å². The third kappa shape index (κ3) is 4.93. The highest BCUT2D eigenvalue weighted by atomic mass is 16.5. The second-order valence-electron chi connectivity index (χ2n) is 6.49. The first kappa shape index (κ1) is 17.7. The van der Waals surface area contributed by atoms with Crippen molar-refractivity contribution in [2.75, 3.05) is 31.6 Å². The molecule has 1 saturated carbocycles. The summed E-state index contributed by atoms with van der Waals surface area (Å²) in [5, 5.41) is 12.5. The summed E-state index contributed by atoms with van der Waals surface area (Å²) in [7, 11) is 0. The Labute approximate surface area is 146 Å². The van der Waals surface area contributed by atoms with Crippen molar-refractivity contribution in [3.63, 3.8) is 0 Å². The fourth-order valence-corrected chi connectivity index (χ4v) is 3.09. The number of hydrogen-bond donors (Lipinski definition) is 2. The first-order valence-electron chi connectivity index (χ1n) is 8.74. The number of nitrogens with zero attached hydrogens (tertiary/aromatic N) is 1. The summed E-state index contributed by atoms with van der Waals surface area (Å²) in [6.45, 7) is 1.30. The molecule has 1 heterocycles. The number of carbonyl (C=O) groups excluding carboxylic acids is 2. The molecule has 2 amide bonds. The Morgan fingerprint density at radius 1 is 1.20 bits per heavy atom. The summed E-state index contributed by atoms with van der Waals surface area (Å²) < 4.78 is 10.7. The fourth-order valence-electron chi connectivity index (χ4n) is 3.09. The van der Waals surface area contributed by atoms with Gasteiger partial charge in [-0.25, -0.2) is 9.59 Å². The van der Waals surface area contributed by atoms with Crippen molar-refractivity contribution in [2.45, 2.75) is 37.9 Å². The van der Waals surface area contributed by atoms with Crippen molar-refractivity contribution in [1.29, 1.82) is 0 Å². The first-order chi connectivity index (χ1) is 12.1. The molecule has 136 valence electrons. The van der Waals surface area contributed by atoms with Crippen molar-refractivity contribution >= 4 is 17.7 Å². The third-order valence-electron chi connectivity index (χ3n) is 4.48. The van der Waals surface area contributed by atoms with E-state index in [2.05, 4.69) is 5.32 Å². The van der Waals surface area contributed by atoms with E-state index < -0.39 is 6.10 Å². The number of urea groups is 1. The molecule has 1 aliphatic heterocycles. The number of ether oxygens (including phenoxy) is 2. The van der Waals surface area contributed by atoms with Gasteiger partial charge >= 0.3 is 12.0 Å². The Bertz CT molecular complexity index is 598. The predicted molar refractivity (Wildman–Crippen MR) is 91.5 cm³/mol. The molecule has 1 aromatic rings. The molecule has 0 unspecified atom stereocenters. The Morgan fingerprint density at radius 3 is 2.64 bits per heavy atom. The van der Waals surface area contributed by atoms with Gasteiger partial charge in [-0.2, -0.15) is 0 Å². The average molecular weight is 348 g/mol. The molecule has 0 radical (unpaired) electrons. The Morgan fingerprint density at radius 2 is 1.92 bits per heavy atom. The largest absolute Gasteiger partial charge is 0.459 e. The molecule has 2 aliphatic rings. The van der Waals surface area contributed by atoms with Crippen LogP contribution in [0.5, 0.6) is 0 Å². The van der Waals surface area contributed by atoms with Crippen LogP contribution in [0.4, 0.5) is 10.5 Å². The van der Waals surface area contributed by atoms with Crippen LogP contribution in [0.3, 0.4) is 0 Å². The van der Waals surface area contributed by atoms with Gasteiger partial charge in [-0.05, 0) is 49.9 Å². The Kier molecular flexibility index (Phi) is 5.88. The van der Waals surface area contributed by atoms with Gasteiger partial charge in [0.1, 0.15) is 6.10 Å². The number of rotatable bonds is 3. The van der Waals surface area contributed by atoms with E-state index >= 15 is 0 Å². The highest BCUT2D eigenvalue weighted by molar-refractivity contribution is 5.92. The number of anilines is 1. The zero-order valence-electron chi connectivity index (χ0n) is 14.1. The van der Waals surface area contributed by atoms with Gasteiger partial charge in [-0.3, -0.25) is 0 Å². The minimum atomic E-state index is -0.680. The zero-order valence-corrected chi connectivity index (χ0v) is 14.1. The van der Waals surface area contributed by atoms with Gasteiger partial charge in [0.15, 0.2) is 0 Å². The van der Waals surface area contributed by atoms with Crippen LogP contribution >= 0.6 is 0 Å². The highest BCUT2D eigenvalue weighted by Gasteiger charge is 2.22. The molecular weight excluding hydrogens is 324 g/mol. The van der Waals surface area contributed by atoms with E-state index in [1.54, 1.807) is 24.3 Å². The number of esters is 1. The van der Waals surface area contributed by atoms with E-state index in [1.807, 2.05) is 0 Å². The second kappa shape index (κ2) is 8.31. The second-order valence-corrected chi connectivity index (χ2v) is 6.49. The molecule has 2 fully saturated rings. The number of β-amino-alcohol motifs (C(OH)–C–C–N with tert-alkyl or cyclic N) is 1. The number of carbonyl (C=O) groups is 2. The molecule has 3 rings (SSSR count). The van der Waals surface area contributed by atoms with Crippen LogP contribution in [0.2, 0.25) is 0 Å². The van der Waals surface area contributed by atoms with Gasteiger partial charge in [0.05, 0.1) is 31.4 Å². The molecule has 7 nitrogen and oxygen atoms in total. The van der Waals surface area contributed by atoms with Crippen LogP contribution in [0, 0.1) is 0 Å². The molecule has 1 aliphatic carbocycles. The van der Waals surface area contributed by atoms with E-state index in [0.29, 0.717) is 24.4 Å². The van der Waals surface area contributed by atoms with Crippen LogP contribution in [-0.4, -0.2) is 60.5 Å². The van der Waals surface area contributed by atoms with Crippen molar-refractivity contribution in [3.05, 3.63) is 29.8 Å². The molecule has 1 saturated heterocycles. The lowest BCUT2D eigenvalue weighted by molar-refractivity contribution is 0.0318. The Balaban J connectivity index is 1.54. The number of nitrogens with one attached hydrogen (secondary N) is 1. The van der Waals surface area contributed by atoms with Gasteiger partial charge in [0, 0.05) is 12.2 Å². The highest BCUT2D eigenvalue weighted by Crippen LogP contribution is 2.22. The first-order valence-corrected chi connectivity index (χ1v) is 8.74. The topological polar surface area (TPSA) is 88.1 Å². The standard InChI is InChI=1S/C18H24N2O5/c21-15-11-20(9-10-24-12-15)18(23)19-14-7-5-13(6-8-14)17(22)25-16-3-1-2-4-16/h5-8,15-16,21H,1-4,9-12H2,(H,19,23)/t15-/m1/s1. The molecule has 0 spiro atoms. The lowest BCUT2D eigenvalue weighted by Crippen LogP contribution is -2.40. The number of aliphatic hydroxyl groups excluding tert-OH is 1. The number of aliphatic hydroxyl groups is 1. The fraction of sp³-hybridized carbons (Fsp3) is 0.556. The van der Waals surface area contributed by atoms with Gasteiger partial charge in [0.25, 0.3) is 0 Å². The van der Waals surface area contributed by atoms with Crippen LogP contribution < -0.4 is 5.32 Å². The van der Waals surface area contributed by atoms with Crippen molar-refractivity contribution in [1.82, 2.24) is 4.90 Å². The van der Waals surface area contributed by atoms with Gasteiger partial charge in [0.2, 0.25) is 0 Å². The SMILES string of the molecule is O=C(OC1CCCC1)c1ccc(NC(=O)N2CCOC[C@H](O)C2)cc1. The van der Waals surface area contributed by atoms with Crippen LogP contribution in [0.25, 0.3) is 0 Å².